The average Bonchev–Trinajstić information content (AvgIpc) is 2.61. The first-order chi connectivity index (χ1) is 12.3. The van der Waals surface area contributed by atoms with Gasteiger partial charge in [-0.2, -0.15) is 0 Å². The van der Waals surface area contributed by atoms with Crippen molar-refractivity contribution < 1.29 is 9.53 Å². The number of hydrogen-bond donors (Lipinski definition) is 0. The Morgan fingerprint density at radius 2 is 1.42 bits per heavy atom. The van der Waals surface area contributed by atoms with Crippen LogP contribution in [0.3, 0.4) is 0 Å². The van der Waals surface area contributed by atoms with Crippen molar-refractivity contribution in [3.8, 4) is 0 Å². The lowest BCUT2D eigenvalue weighted by molar-refractivity contribution is 0.00752. The highest BCUT2D eigenvalue weighted by atomic mass is 16.6. The zero-order valence-electron chi connectivity index (χ0n) is 16.2. The molecule has 0 bridgehead atoms. The summed E-state index contributed by atoms with van der Waals surface area (Å²) in [6.07, 6.45) is 0.723. The van der Waals surface area contributed by atoms with Crippen molar-refractivity contribution in [3.63, 3.8) is 0 Å². The van der Waals surface area contributed by atoms with E-state index in [0.717, 1.165) is 6.42 Å². The molecule has 0 spiro atoms. The lowest BCUT2D eigenvalue weighted by atomic mass is 9.75. The fraction of sp³-hybridized carbons (Fsp3) is 0.435. The van der Waals surface area contributed by atoms with Gasteiger partial charge in [-0.3, -0.25) is 0 Å². The van der Waals surface area contributed by atoms with E-state index in [9.17, 15) is 4.79 Å². The zero-order valence-corrected chi connectivity index (χ0v) is 16.2. The van der Waals surface area contributed by atoms with Crippen LogP contribution in [-0.4, -0.2) is 29.2 Å². The van der Waals surface area contributed by atoms with E-state index < -0.39 is 5.60 Å². The van der Waals surface area contributed by atoms with Crippen molar-refractivity contribution in [2.75, 3.05) is 6.54 Å². The number of carbonyl (C=O) groups is 1. The summed E-state index contributed by atoms with van der Waals surface area (Å²) in [5.74, 6) is 0.662. The first-order valence-electron chi connectivity index (χ1n) is 9.44. The van der Waals surface area contributed by atoms with Gasteiger partial charge in [-0.25, -0.2) is 4.79 Å². The molecule has 1 heterocycles. The number of nitrogens with zero attached hydrogens (tertiary/aromatic N) is 1. The molecule has 3 rings (SSSR count). The lowest BCUT2D eigenvalue weighted by Crippen LogP contribution is -2.49. The molecule has 0 aromatic heterocycles. The Bertz CT molecular complexity index is 721. The zero-order chi connectivity index (χ0) is 18.7. The molecular weight excluding hydrogens is 322 g/mol. The van der Waals surface area contributed by atoms with Crippen molar-refractivity contribution in [2.45, 2.75) is 57.6 Å². The molecule has 0 N–H and O–H groups in total. The number of hydrogen-bond acceptors (Lipinski definition) is 2. The number of amides is 1. The van der Waals surface area contributed by atoms with Gasteiger partial charge in [0, 0.05) is 18.5 Å². The third-order valence-corrected chi connectivity index (χ3v) is 5.09. The second-order valence-electron chi connectivity index (χ2n) is 8.25. The number of carbonyl (C=O) groups excluding carboxylic acids is 1. The van der Waals surface area contributed by atoms with Crippen LogP contribution in [0, 0.1) is 0 Å². The quantitative estimate of drug-likeness (QED) is 0.706. The minimum Gasteiger partial charge on any atom is -0.444 e. The summed E-state index contributed by atoms with van der Waals surface area (Å²) in [5.41, 5.74) is 2.15. The van der Waals surface area contributed by atoms with Crippen molar-refractivity contribution in [2.24, 2.45) is 0 Å². The van der Waals surface area contributed by atoms with Crippen molar-refractivity contribution in [1.82, 2.24) is 4.90 Å². The van der Waals surface area contributed by atoms with E-state index >= 15 is 0 Å². The van der Waals surface area contributed by atoms with Gasteiger partial charge >= 0.3 is 6.09 Å². The van der Waals surface area contributed by atoms with E-state index in [4.69, 9.17) is 4.74 Å². The Morgan fingerprint density at radius 3 is 1.92 bits per heavy atom. The summed E-state index contributed by atoms with van der Waals surface area (Å²) >= 11 is 0. The highest BCUT2D eigenvalue weighted by Crippen LogP contribution is 2.42. The molecule has 3 atom stereocenters. The van der Waals surface area contributed by atoms with Crippen LogP contribution < -0.4 is 0 Å². The predicted octanol–water partition coefficient (Wildman–Crippen LogP) is 5.58. The fourth-order valence-corrected chi connectivity index (χ4v) is 3.86. The standard InChI is InChI=1S/C23H29NO2/c1-17-15-20(18-11-7-5-8-12-18)21(19-13-9-6-10-14-19)16-24(17)22(25)26-23(2,3)4/h5-14,17,20-21H,15-16H2,1-4H3/t17-,20-,21+/m1/s1. The van der Waals surface area contributed by atoms with Crippen LogP contribution in [-0.2, 0) is 4.74 Å². The normalized spacial score (nSPS) is 23.5. The second kappa shape index (κ2) is 7.53. The number of benzene rings is 2. The van der Waals surface area contributed by atoms with Crippen molar-refractivity contribution in [1.29, 1.82) is 0 Å². The Morgan fingerprint density at radius 1 is 0.923 bits per heavy atom. The van der Waals surface area contributed by atoms with Gasteiger partial charge in [0.2, 0.25) is 0 Å². The summed E-state index contributed by atoms with van der Waals surface area (Å²) in [7, 11) is 0. The molecule has 1 saturated heterocycles. The first kappa shape index (κ1) is 18.5. The lowest BCUT2D eigenvalue weighted by Gasteiger charge is -2.43. The maximum absolute atomic E-state index is 12.7. The van der Waals surface area contributed by atoms with Gasteiger partial charge in [0.25, 0.3) is 0 Å². The average molecular weight is 351 g/mol. The fourth-order valence-electron chi connectivity index (χ4n) is 3.86. The topological polar surface area (TPSA) is 29.5 Å². The molecule has 2 aromatic carbocycles. The van der Waals surface area contributed by atoms with E-state index in [2.05, 4.69) is 61.5 Å². The van der Waals surface area contributed by atoms with Gasteiger partial charge in [0.05, 0.1) is 0 Å². The molecule has 26 heavy (non-hydrogen) atoms. The number of rotatable bonds is 2. The van der Waals surface area contributed by atoms with Gasteiger partial charge in [-0.15, -0.1) is 0 Å². The van der Waals surface area contributed by atoms with Gasteiger partial charge in [-0.05, 0) is 51.2 Å². The Hall–Kier alpha value is -2.29. The Labute approximate surface area is 157 Å². The van der Waals surface area contributed by atoms with Crippen LogP contribution in [0.15, 0.2) is 60.7 Å². The van der Waals surface area contributed by atoms with Gasteiger partial charge in [0.15, 0.2) is 0 Å². The van der Waals surface area contributed by atoms with Crippen LogP contribution in [0.1, 0.15) is 57.1 Å². The second-order valence-corrected chi connectivity index (χ2v) is 8.25. The van der Waals surface area contributed by atoms with E-state index in [1.165, 1.54) is 11.1 Å². The molecule has 3 heteroatoms. The summed E-state index contributed by atoms with van der Waals surface area (Å²) < 4.78 is 5.66. The van der Waals surface area contributed by atoms with Crippen LogP contribution in [0.2, 0.25) is 0 Å². The van der Waals surface area contributed by atoms with E-state index in [-0.39, 0.29) is 18.1 Å². The molecule has 0 saturated carbocycles. The maximum atomic E-state index is 12.7. The highest BCUT2D eigenvalue weighted by Gasteiger charge is 2.38. The van der Waals surface area contributed by atoms with Gasteiger partial charge in [-0.1, -0.05) is 60.7 Å². The van der Waals surface area contributed by atoms with Crippen LogP contribution in [0.25, 0.3) is 0 Å². The van der Waals surface area contributed by atoms with Crippen molar-refractivity contribution >= 4 is 6.09 Å². The molecule has 138 valence electrons. The van der Waals surface area contributed by atoms with E-state index in [1.807, 2.05) is 31.7 Å². The maximum Gasteiger partial charge on any atom is 0.410 e. The minimum absolute atomic E-state index is 0.148. The van der Waals surface area contributed by atoms with Crippen LogP contribution >= 0.6 is 0 Å². The molecule has 3 nitrogen and oxygen atoms in total. The molecular formula is C23H29NO2. The smallest absolute Gasteiger partial charge is 0.410 e. The SMILES string of the molecule is C[C@@H]1C[C@H](c2ccccc2)[C@H](c2ccccc2)CN1C(=O)OC(C)(C)C. The number of ether oxygens (including phenoxy) is 1. The molecule has 1 amide bonds. The summed E-state index contributed by atoms with van der Waals surface area (Å²) in [5, 5.41) is 0. The molecule has 0 aliphatic carbocycles. The molecule has 1 aliphatic heterocycles. The van der Waals surface area contributed by atoms with Crippen LogP contribution in [0.5, 0.6) is 0 Å². The third kappa shape index (κ3) is 4.27. The Balaban J connectivity index is 1.90. The van der Waals surface area contributed by atoms with Crippen molar-refractivity contribution in [3.05, 3.63) is 71.8 Å². The summed E-state index contributed by atoms with van der Waals surface area (Å²) in [4.78, 5) is 14.7. The molecule has 1 fully saturated rings. The van der Waals surface area contributed by atoms with Gasteiger partial charge < -0.3 is 9.64 Å². The largest absolute Gasteiger partial charge is 0.444 e. The summed E-state index contributed by atoms with van der Waals surface area (Å²) in [6.45, 7) is 8.56. The monoisotopic (exact) mass is 351 g/mol. The highest BCUT2D eigenvalue weighted by molar-refractivity contribution is 5.69. The summed E-state index contributed by atoms with van der Waals surface area (Å²) in [6, 6.07) is 21.3. The first-order valence-corrected chi connectivity index (χ1v) is 9.44. The molecule has 0 unspecified atom stereocenters. The van der Waals surface area contributed by atoms with E-state index in [0.29, 0.717) is 12.5 Å². The molecule has 0 radical (unpaired) electrons. The molecule has 2 aromatic rings. The van der Waals surface area contributed by atoms with Gasteiger partial charge in [0.1, 0.15) is 5.60 Å². The Kier molecular flexibility index (Phi) is 5.36. The predicted molar refractivity (Wildman–Crippen MR) is 105 cm³/mol. The number of likely N-dealkylation sites (tertiary alicyclic amines) is 1. The minimum atomic E-state index is -0.477. The molecule has 1 aliphatic rings. The van der Waals surface area contributed by atoms with E-state index in [1.54, 1.807) is 0 Å². The third-order valence-electron chi connectivity index (χ3n) is 5.09. The number of piperidine rings is 1. The van der Waals surface area contributed by atoms with Crippen LogP contribution in [0.4, 0.5) is 4.79 Å².